The summed E-state index contributed by atoms with van der Waals surface area (Å²) in [5, 5.41) is 0. The van der Waals surface area contributed by atoms with Gasteiger partial charge in [0.15, 0.2) is 0 Å². The quantitative estimate of drug-likeness (QED) is 0.306. The molecule has 0 aromatic heterocycles. The molecule has 144 valence electrons. The van der Waals surface area contributed by atoms with Gasteiger partial charge in [-0.25, -0.2) is 4.79 Å². The number of hydrogen-bond acceptors (Lipinski definition) is 5. The van der Waals surface area contributed by atoms with Gasteiger partial charge in [0.05, 0.1) is 13.2 Å². The van der Waals surface area contributed by atoms with Crippen LogP contribution in [0.3, 0.4) is 0 Å². The van der Waals surface area contributed by atoms with E-state index in [0.717, 1.165) is 25.3 Å². The van der Waals surface area contributed by atoms with Crippen LogP contribution in [0, 0.1) is 0 Å². The second-order valence-corrected chi connectivity index (χ2v) is 5.87. The summed E-state index contributed by atoms with van der Waals surface area (Å²) in [6.07, 6.45) is 4.76. The van der Waals surface area contributed by atoms with Gasteiger partial charge in [-0.2, -0.15) is 0 Å². The van der Waals surface area contributed by atoms with E-state index in [9.17, 15) is 9.59 Å². The number of ether oxygens (including phenoxy) is 3. The van der Waals surface area contributed by atoms with Gasteiger partial charge in [0.1, 0.15) is 6.61 Å². The first-order chi connectivity index (χ1) is 12.6. The van der Waals surface area contributed by atoms with Crippen molar-refractivity contribution in [3.8, 4) is 0 Å². The Balaban J connectivity index is 2.13. The molecule has 0 saturated carbocycles. The highest BCUT2D eigenvalue weighted by atomic mass is 16.6. The molecule has 0 aliphatic carbocycles. The molecule has 0 fully saturated rings. The van der Waals surface area contributed by atoms with Crippen molar-refractivity contribution < 1.29 is 23.8 Å². The molecule has 0 bridgehead atoms. The number of carbonyl (C=O) groups excluding carboxylic acids is 2. The molecule has 0 amide bonds. The molecule has 26 heavy (non-hydrogen) atoms. The molecule has 1 aromatic carbocycles. The van der Waals surface area contributed by atoms with E-state index in [0.29, 0.717) is 32.7 Å². The second kappa shape index (κ2) is 13.1. The van der Waals surface area contributed by atoms with E-state index in [-0.39, 0.29) is 12.6 Å². The van der Waals surface area contributed by atoms with Crippen LogP contribution in [0.2, 0.25) is 0 Å². The number of benzene rings is 1. The molecule has 0 heterocycles. The first-order valence-corrected chi connectivity index (χ1v) is 9.23. The molecule has 5 nitrogen and oxygen atoms in total. The largest absolute Gasteiger partial charge is 0.465 e. The van der Waals surface area contributed by atoms with E-state index in [1.54, 1.807) is 0 Å². The Labute approximate surface area is 156 Å². The molecule has 0 unspecified atom stereocenters. The van der Waals surface area contributed by atoms with Crippen LogP contribution in [-0.2, 0) is 43.1 Å². The molecule has 0 N–H and O–H groups in total. The highest BCUT2D eigenvalue weighted by molar-refractivity contribution is 5.81. The Morgan fingerprint density at radius 2 is 1.81 bits per heavy atom. The molecule has 1 aromatic rings. The minimum atomic E-state index is -0.465. The maximum absolute atomic E-state index is 11.7. The standard InChI is InChI=1S/C21H30O5/c1-4-17-9-10-19(18(5-2)16-17)11-13-25-21(23)8-7-12-24-14-15-26-20(22)6-3/h6,9-10,16H,3-5,7-8,11-15H2,1-2H3. The second-order valence-electron chi connectivity index (χ2n) is 5.87. The lowest BCUT2D eigenvalue weighted by Crippen LogP contribution is -2.11. The fraction of sp³-hybridized carbons (Fsp3) is 0.524. The van der Waals surface area contributed by atoms with Crippen molar-refractivity contribution in [3.63, 3.8) is 0 Å². The minimum absolute atomic E-state index is 0.186. The van der Waals surface area contributed by atoms with Crippen LogP contribution in [-0.4, -0.2) is 38.4 Å². The molecular weight excluding hydrogens is 332 g/mol. The first-order valence-electron chi connectivity index (χ1n) is 9.23. The lowest BCUT2D eigenvalue weighted by atomic mass is 9.99. The fourth-order valence-electron chi connectivity index (χ4n) is 2.50. The lowest BCUT2D eigenvalue weighted by molar-refractivity contribution is -0.143. The smallest absolute Gasteiger partial charge is 0.330 e. The van der Waals surface area contributed by atoms with Gasteiger partial charge in [0.2, 0.25) is 0 Å². The Morgan fingerprint density at radius 1 is 1.00 bits per heavy atom. The van der Waals surface area contributed by atoms with Crippen LogP contribution in [0.1, 0.15) is 43.4 Å². The van der Waals surface area contributed by atoms with Crippen molar-refractivity contribution in [2.45, 2.75) is 46.0 Å². The minimum Gasteiger partial charge on any atom is -0.465 e. The summed E-state index contributed by atoms with van der Waals surface area (Å²) < 4.78 is 15.4. The third-order valence-corrected chi connectivity index (χ3v) is 4.00. The number of aryl methyl sites for hydroxylation is 2. The van der Waals surface area contributed by atoms with Crippen molar-refractivity contribution in [2.24, 2.45) is 0 Å². The van der Waals surface area contributed by atoms with Gasteiger partial charge in [-0.1, -0.05) is 38.6 Å². The Hall–Kier alpha value is -2.14. The van der Waals surface area contributed by atoms with Gasteiger partial charge < -0.3 is 14.2 Å². The van der Waals surface area contributed by atoms with Crippen LogP contribution in [0.15, 0.2) is 30.9 Å². The van der Waals surface area contributed by atoms with Gasteiger partial charge in [0.25, 0.3) is 0 Å². The van der Waals surface area contributed by atoms with Crippen LogP contribution in [0.25, 0.3) is 0 Å². The van der Waals surface area contributed by atoms with Gasteiger partial charge in [-0.05, 0) is 36.0 Å². The number of carbonyl (C=O) groups is 2. The number of esters is 2. The molecule has 0 atom stereocenters. The summed E-state index contributed by atoms with van der Waals surface area (Å²) in [5.74, 6) is -0.678. The SMILES string of the molecule is C=CC(=O)OCCOCCCC(=O)OCCc1ccc(CC)cc1CC. The van der Waals surface area contributed by atoms with Gasteiger partial charge >= 0.3 is 11.9 Å². The highest BCUT2D eigenvalue weighted by Gasteiger charge is 2.06. The Morgan fingerprint density at radius 3 is 2.50 bits per heavy atom. The summed E-state index contributed by atoms with van der Waals surface area (Å²) in [6, 6.07) is 6.51. The molecule has 0 spiro atoms. The zero-order chi connectivity index (χ0) is 19.2. The maximum atomic E-state index is 11.7. The van der Waals surface area contributed by atoms with Crippen LogP contribution in [0.4, 0.5) is 0 Å². The van der Waals surface area contributed by atoms with Crippen LogP contribution in [0.5, 0.6) is 0 Å². The topological polar surface area (TPSA) is 61.8 Å². The average Bonchev–Trinajstić information content (AvgIpc) is 2.67. The first kappa shape index (κ1) is 21.9. The molecule has 0 saturated heterocycles. The summed E-state index contributed by atoms with van der Waals surface area (Å²) in [4.78, 5) is 22.6. The summed E-state index contributed by atoms with van der Waals surface area (Å²) in [7, 11) is 0. The lowest BCUT2D eigenvalue weighted by Gasteiger charge is -2.10. The van der Waals surface area contributed by atoms with E-state index < -0.39 is 5.97 Å². The Kier molecular flexibility index (Phi) is 11.0. The maximum Gasteiger partial charge on any atom is 0.330 e. The molecule has 5 heteroatoms. The van der Waals surface area contributed by atoms with E-state index in [1.165, 1.54) is 16.7 Å². The normalized spacial score (nSPS) is 10.4. The zero-order valence-corrected chi connectivity index (χ0v) is 15.9. The third-order valence-electron chi connectivity index (χ3n) is 4.00. The van der Waals surface area contributed by atoms with Crippen molar-refractivity contribution in [2.75, 3.05) is 26.4 Å². The predicted molar refractivity (Wildman–Crippen MR) is 101 cm³/mol. The van der Waals surface area contributed by atoms with E-state index in [4.69, 9.17) is 14.2 Å². The molecule has 0 radical (unpaired) electrons. The van der Waals surface area contributed by atoms with Gasteiger partial charge in [0, 0.05) is 25.5 Å². The molecule has 1 rings (SSSR count). The zero-order valence-electron chi connectivity index (χ0n) is 15.9. The van der Waals surface area contributed by atoms with Gasteiger partial charge in [-0.3, -0.25) is 4.79 Å². The summed E-state index contributed by atoms with van der Waals surface area (Å²) in [6.45, 7) is 8.91. The van der Waals surface area contributed by atoms with Crippen molar-refractivity contribution >= 4 is 11.9 Å². The van der Waals surface area contributed by atoms with Crippen molar-refractivity contribution in [1.29, 1.82) is 0 Å². The third kappa shape index (κ3) is 8.81. The van der Waals surface area contributed by atoms with Crippen molar-refractivity contribution in [1.82, 2.24) is 0 Å². The summed E-state index contributed by atoms with van der Waals surface area (Å²) >= 11 is 0. The average molecular weight is 362 g/mol. The summed E-state index contributed by atoms with van der Waals surface area (Å²) in [5.41, 5.74) is 3.91. The number of hydrogen-bond donors (Lipinski definition) is 0. The van der Waals surface area contributed by atoms with Crippen LogP contribution < -0.4 is 0 Å². The highest BCUT2D eigenvalue weighted by Crippen LogP contribution is 2.14. The number of rotatable bonds is 13. The molecular formula is C21H30O5. The van der Waals surface area contributed by atoms with Crippen LogP contribution >= 0.6 is 0 Å². The monoisotopic (exact) mass is 362 g/mol. The fourth-order valence-corrected chi connectivity index (χ4v) is 2.50. The van der Waals surface area contributed by atoms with E-state index in [2.05, 4.69) is 38.6 Å². The van der Waals surface area contributed by atoms with E-state index in [1.807, 2.05) is 0 Å². The predicted octanol–water partition coefficient (Wildman–Crippen LogP) is 3.42. The molecule has 0 aliphatic rings. The molecule has 0 aliphatic heterocycles. The van der Waals surface area contributed by atoms with E-state index >= 15 is 0 Å². The Bertz CT molecular complexity index is 580. The van der Waals surface area contributed by atoms with Crippen molar-refractivity contribution in [3.05, 3.63) is 47.5 Å². The van der Waals surface area contributed by atoms with Gasteiger partial charge in [-0.15, -0.1) is 0 Å².